The molecule has 0 fully saturated rings. The predicted molar refractivity (Wildman–Crippen MR) is 91.3 cm³/mol. The molecule has 0 saturated heterocycles. The number of aliphatic hydroxyl groups is 1. The third-order valence-electron chi connectivity index (χ3n) is 4.58. The van der Waals surface area contributed by atoms with Crippen molar-refractivity contribution in [3.63, 3.8) is 0 Å². The molecule has 26 heavy (non-hydrogen) atoms. The number of aromatic nitrogens is 4. The van der Waals surface area contributed by atoms with Crippen molar-refractivity contribution in [1.29, 1.82) is 0 Å². The van der Waals surface area contributed by atoms with E-state index in [1.165, 1.54) is 6.07 Å². The van der Waals surface area contributed by atoms with Crippen LogP contribution in [-0.2, 0) is 26.9 Å². The van der Waals surface area contributed by atoms with Crippen LogP contribution in [-0.4, -0.2) is 24.2 Å². The van der Waals surface area contributed by atoms with Gasteiger partial charge in [-0.05, 0) is 36.4 Å². The van der Waals surface area contributed by atoms with Gasteiger partial charge >= 0.3 is 6.18 Å². The molecule has 2 aromatic carbocycles. The number of benzene rings is 2. The van der Waals surface area contributed by atoms with Gasteiger partial charge < -0.3 is 14.2 Å². The van der Waals surface area contributed by atoms with Crippen molar-refractivity contribution in [1.82, 2.24) is 19.1 Å². The molecule has 0 amide bonds. The minimum atomic E-state index is -4.40. The number of aryl methyl sites for hydroxylation is 2. The average Bonchev–Trinajstić information content (AvgIpc) is 3.11. The van der Waals surface area contributed by atoms with Gasteiger partial charge in [0.05, 0.1) is 27.6 Å². The maximum absolute atomic E-state index is 12.9. The molecule has 134 valence electrons. The molecule has 0 radical (unpaired) electrons. The Morgan fingerprint density at radius 1 is 0.923 bits per heavy atom. The Morgan fingerprint density at radius 2 is 1.58 bits per heavy atom. The fourth-order valence-electron chi connectivity index (χ4n) is 3.16. The zero-order valence-electron chi connectivity index (χ0n) is 14.0. The van der Waals surface area contributed by atoms with Crippen LogP contribution >= 0.6 is 0 Å². The van der Waals surface area contributed by atoms with Gasteiger partial charge in [-0.25, -0.2) is 9.97 Å². The molecule has 0 spiro atoms. The van der Waals surface area contributed by atoms with Crippen molar-refractivity contribution >= 4 is 22.1 Å². The van der Waals surface area contributed by atoms with Crippen molar-refractivity contribution < 1.29 is 18.3 Å². The lowest BCUT2D eigenvalue weighted by atomic mass is 10.2. The van der Waals surface area contributed by atoms with Crippen LogP contribution in [0.3, 0.4) is 0 Å². The van der Waals surface area contributed by atoms with Gasteiger partial charge in [-0.3, -0.25) is 0 Å². The molecule has 0 bridgehead atoms. The van der Waals surface area contributed by atoms with E-state index in [4.69, 9.17) is 0 Å². The normalized spacial score (nSPS) is 12.4. The summed E-state index contributed by atoms with van der Waals surface area (Å²) in [4.78, 5) is 8.77. The number of hydrogen-bond acceptors (Lipinski definition) is 3. The molecular weight excluding hydrogens is 345 g/mol. The van der Waals surface area contributed by atoms with Crippen LogP contribution in [0.5, 0.6) is 0 Å². The molecule has 1 N–H and O–H groups in total. The van der Waals surface area contributed by atoms with Gasteiger partial charge in [-0.2, -0.15) is 13.2 Å². The quantitative estimate of drug-likeness (QED) is 0.594. The maximum Gasteiger partial charge on any atom is 0.416 e. The molecule has 4 rings (SSSR count). The van der Waals surface area contributed by atoms with Gasteiger partial charge in [-0.1, -0.05) is 0 Å². The first-order valence-electron chi connectivity index (χ1n) is 7.90. The van der Waals surface area contributed by atoms with Crippen LogP contribution in [0.25, 0.3) is 33.5 Å². The number of hydrogen-bond donors (Lipinski definition) is 1. The number of aliphatic hydroxyl groups excluding tert-OH is 1. The smallest absolute Gasteiger partial charge is 0.388 e. The summed E-state index contributed by atoms with van der Waals surface area (Å²) in [6, 6.07) is 9.07. The topological polar surface area (TPSA) is 55.9 Å². The second-order valence-corrected chi connectivity index (χ2v) is 6.14. The first kappa shape index (κ1) is 16.6. The van der Waals surface area contributed by atoms with Gasteiger partial charge in [0.25, 0.3) is 0 Å². The zero-order chi connectivity index (χ0) is 18.6. The van der Waals surface area contributed by atoms with Crippen LogP contribution in [0.4, 0.5) is 13.2 Å². The Bertz CT molecular complexity index is 1140. The minimum absolute atomic E-state index is 0.174. The molecule has 0 aliphatic carbocycles. The predicted octanol–water partition coefficient (Wildman–Crippen LogP) is 3.64. The van der Waals surface area contributed by atoms with E-state index in [-0.39, 0.29) is 12.1 Å². The van der Waals surface area contributed by atoms with Crippen molar-refractivity contribution in [3.8, 4) is 11.4 Å². The van der Waals surface area contributed by atoms with Crippen LogP contribution in [0.1, 0.15) is 11.4 Å². The summed E-state index contributed by atoms with van der Waals surface area (Å²) in [6.07, 6.45) is -4.40. The van der Waals surface area contributed by atoms with Crippen LogP contribution in [0.15, 0.2) is 36.4 Å². The molecule has 0 unspecified atom stereocenters. The molecule has 2 aromatic heterocycles. The van der Waals surface area contributed by atoms with Crippen LogP contribution < -0.4 is 0 Å². The lowest BCUT2D eigenvalue weighted by Crippen LogP contribution is -2.04. The Kier molecular flexibility index (Phi) is 3.55. The molecule has 0 atom stereocenters. The van der Waals surface area contributed by atoms with Gasteiger partial charge in [0.15, 0.2) is 0 Å². The molecule has 0 aliphatic heterocycles. The highest BCUT2D eigenvalue weighted by Crippen LogP contribution is 2.33. The van der Waals surface area contributed by atoms with Crippen LogP contribution in [0, 0.1) is 0 Å². The maximum atomic E-state index is 12.9. The van der Waals surface area contributed by atoms with Gasteiger partial charge in [-0.15, -0.1) is 0 Å². The third kappa shape index (κ3) is 2.45. The summed E-state index contributed by atoms with van der Waals surface area (Å²) in [5.41, 5.74) is 2.47. The molecule has 0 aliphatic rings. The number of rotatable bonds is 2. The average molecular weight is 360 g/mol. The molecule has 8 heteroatoms. The highest BCUT2D eigenvalue weighted by Gasteiger charge is 2.31. The fraction of sp³-hybridized carbons (Fsp3) is 0.222. The monoisotopic (exact) mass is 360 g/mol. The summed E-state index contributed by atoms with van der Waals surface area (Å²) in [5, 5.41) is 9.35. The number of imidazole rings is 2. The highest BCUT2D eigenvalue weighted by molar-refractivity contribution is 5.85. The second kappa shape index (κ2) is 5.57. The molecule has 0 saturated carbocycles. The number of nitrogens with zero attached hydrogens (tertiary/aromatic N) is 4. The zero-order valence-corrected chi connectivity index (χ0v) is 14.0. The van der Waals surface area contributed by atoms with Crippen molar-refractivity contribution in [3.05, 3.63) is 47.8 Å². The molecule has 2 heterocycles. The van der Waals surface area contributed by atoms with E-state index in [9.17, 15) is 18.3 Å². The summed E-state index contributed by atoms with van der Waals surface area (Å²) < 4.78 is 42.3. The Morgan fingerprint density at radius 3 is 2.27 bits per heavy atom. The van der Waals surface area contributed by atoms with Crippen molar-refractivity contribution in [2.24, 2.45) is 14.1 Å². The standard InChI is InChI=1S/C18H15F3N4O/c1-24-14-5-3-10(7-12(14)22-16(24)9-26)17-23-13-8-11(18(19,20)21)4-6-15(13)25(17)2/h3-8,26H,9H2,1-2H3. The van der Waals surface area contributed by atoms with Gasteiger partial charge in [0, 0.05) is 19.7 Å². The molecule has 4 aromatic rings. The van der Waals surface area contributed by atoms with E-state index in [0.29, 0.717) is 22.7 Å². The summed E-state index contributed by atoms with van der Waals surface area (Å²) in [7, 11) is 3.58. The largest absolute Gasteiger partial charge is 0.416 e. The van der Waals surface area contributed by atoms with Crippen LogP contribution in [0.2, 0.25) is 0 Å². The van der Waals surface area contributed by atoms with Crippen molar-refractivity contribution in [2.45, 2.75) is 12.8 Å². The van der Waals surface area contributed by atoms with E-state index < -0.39 is 11.7 Å². The Labute approximate surface area is 146 Å². The number of alkyl halides is 3. The first-order valence-corrected chi connectivity index (χ1v) is 7.90. The van der Waals surface area contributed by atoms with E-state index in [1.807, 2.05) is 25.2 Å². The SMILES string of the molecule is Cn1c(CO)nc2cc(-c3nc4cc(C(F)(F)F)ccc4n3C)ccc21. The molecular formula is C18H15F3N4O. The highest BCUT2D eigenvalue weighted by atomic mass is 19.4. The molecule has 5 nitrogen and oxygen atoms in total. The number of halogens is 3. The second-order valence-electron chi connectivity index (χ2n) is 6.14. The van der Waals surface area contributed by atoms with Crippen molar-refractivity contribution in [2.75, 3.05) is 0 Å². The van der Waals surface area contributed by atoms with E-state index in [2.05, 4.69) is 9.97 Å². The lowest BCUT2D eigenvalue weighted by Gasteiger charge is -2.06. The first-order chi connectivity index (χ1) is 12.3. The Balaban J connectivity index is 1.88. The third-order valence-corrected chi connectivity index (χ3v) is 4.58. The lowest BCUT2D eigenvalue weighted by molar-refractivity contribution is -0.137. The van der Waals surface area contributed by atoms with E-state index >= 15 is 0 Å². The number of fused-ring (bicyclic) bond motifs is 2. The summed E-state index contributed by atoms with van der Waals surface area (Å²) >= 11 is 0. The fourth-order valence-corrected chi connectivity index (χ4v) is 3.16. The Hall–Kier alpha value is -2.87. The van der Waals surface area contributed by atoms with Gasteiger partial charge in [0.2, 0.25) is 0 Å². The van der Waals surface area contributed by atoms with E-state index in [1.54, 1.807) is 16.2 Å². The van der Waals surface area contributed by atoms with Gasteiger partial charge in [0.1, 0.15) is 18.3 Å². The minimum Gasteiger partial charge on any atom is -0.388 e. The van der Waals surface area contributed by atoms with E-state index in [0.717, 1.165) is 23.2 Å². The summed E-state index contributed by atoms with van der Waals surface area (Å²) in [5.74, 6) is 1.09. The summed E-state index contributed by atoms with van der Waals surface area (Å²) in [6.45, 7) is -0.174.